The average molecular weight is 352 g/mol. The molecule has 9 nitrogen and oxygen atoms in total. The van der Waals surface area contributed by atoms with Gasteiger partial charge in [0, 0.05) is 17.7 Å². The summed E-state index contributed by atoms with van der Waals surface area (Å²) in [5, 5.41) is 25.7. The number of amides is 1. The molecule has 0 radical (unpaired) electrons. The van der Waals surface area contributed by atoms with Gasteiger partial charge in [0.25, 0.3) is 11.6 Å². The van der Waals surface area contributed by atoms with Crippen molar-refractivity contribution in [3.63, 3.8) is 0 Å². The summed E-state index contributed by atoms with van der Waals surface area (Å²) in [5.41, 5.74) is 1.79. The topological polar surface area (TPSA) is 116 Å². The molecule has 132 valence electrons. The second kappa shape index (κ2) is 7.09. The van der Waals surface area contributed by atoms with Crippen LogP contribution in [0.2, 0.25) is 0 Å². The predicted octanol–water partition coefficient (Wildman–Crippen LogP) is 2.76. The molecule has 3 aromatic rings. The number of tetrazole rings is 1. The van der Waals surface area contributed by atoms with E-state index in [1.807, 2.05) is 30.3 Å². The van der Waals surface area contributed by atoms with Gasteiger partial charge >= 0.3 is 0 Å². The first kappa shape index (κ1) is 17.2. The first-order valence-corrected chi connectivity index (χ1v) is 7.86. The van der Waals surface area contributed by atoms with E-state index < -0.39 is 16.9 Å². The second-order valence-electron chi connectivity index (χ2n) is 5.72. The number of hydrogen-bond donors (Lipinski definition) is 1. The lowest BCUT2D eigenvalue weighted by atomic mass is 10.1. The Morgan fingerprint density at radius 1 is 1.23 bits per heavy atom. The van der Waals surface area contributed by atoms with Gasteiger partial charge in [0.05, 0.1) is 10.6 Å². The lowest BCUT2D eigenvalue weighted by molar-refractivity contribution is -0.384. The molecule has 1 aromatic heterocycles. The molecule has 0 saturated carbocycles. The number of nitrogens with one attached hydrogen (secondary N) is 1. The maximum absolute atomic E-state index is 12.5. The smallest absolute Gasteiger partial charge is 0.271 e. The van der Waals surface area contributed by atoms with Crippen LogP contribution in [0.15, 0.2) is 48.5 Å². The number of aryl methyl sites for hydroxylation is 1. The van der Waals surface area contributed by atoms with Gasteiger partial charge < -0.3 is 5.32 Å². The molecule has 0 spiro atoms. The number of rotatable bonds is 5. The van der Waals surface area contributed by atoms with E-state index in [4.69, 9.17) is 0 Å². The minimum atomic E-state index is -0.737. The van der Waals surface area contributed by atoms with E-state index in [-0.39, 0.29) is 5.69 Å². The first-order valence-electron chi connectivity index (χ1n) is 7.86. The van der Waals surface area contributed by atoms with E-state index in [2.05, 4.69) is 20.7 Å². The highest BCUT2D eigenvalue weighted by atomic mass is 16.6. The number of nitro groups is 1. The van der Waals surface area contributed by atoms with Crippen molar-refractivity contribution in [2.24, 2.45) is 0 Å². The standard InChI is InChI=1S/C17H16N6O3/c1-11-8-9-14(23(25)26)10-15(11)18-17(24)12(2)22-20-16(19-21-22)13-6-4-3-5-7-13/h3-10,12H,1-2H3,(H,18,24). The number of carbonyl (C=O) groups is 1. The fraction of sp³-hybridized carbons (Fsp3) is 0.176. The van der Waals surface area contributed by atoms with Gasteiger partial charge in [0.2, 0.25) is 5.82 Å². The van der Waals surface area contributed by atoms with Crippen molar-refractivity contribution in [3.8, 4) is 11.4 Å². The molecule has 0 aliphatic heterocycles. The summed E-state index contributed by atoms with van der Waals surface area (Å²) in [7, 11) is 0. The first-order chi connectivity index (χ1) is 12.5. The number of aromatic nitrogens is 4. The highest BCUT2D eigenvalue weighted by Crippen LogP contribution is 2.23. The van der Waals surface area contributed by atoms with E-state index in [9.17, 15) is 14.9 Å². The fourth-order valence-corrected chi connectivity index (χ4v) is 2.29. The molecule has 1 atom stereocenters. The van der Waals surface area contributed by atoms with Crippen molar-refractivity contribution >= 4 is 17.3 Å². The molecule has 0 bridgehead atoms. The van der Waals surface area contributed by atoms with E-state index in [1.165, 1.54) is 16.9 Å². The van der Waals surface area contributed by atoms with Crippen LogP contribution in [0.3, 0.4) is 0 Å². The summed E-state index contributed by atoms with van der Waals surface area (Å²) in [6, 6.07) is 12.8. The van der Waals surface area contributed by atoms with Crippen LogP contribution >= 0.6 is 0 Å². The second-order valence-corrected chi connectivity index (χ2v) is 5.72. The normalized spacial score (nSPS) is 11.8. The summed E-state index contributed by atoms with van der Waals surface area (Å²) >= 11 is 0. The van der Waals surface area contributed by atoms with Crippen molar-refractivity contribution in [1.82, 2.24) is 20.2 Å². The summed E-state index contributed by atoms with van der Waals surface area (Å²) in [6.45, 7) is 3.38. The maximum atomic E-state index is 12.5. The Morgan fingerprint density at radius 2 is 1.96 bits per heavy atom. The number of nitrogens with zero attached hydrogens (tertiary/aromatic N) is 5. The van der Waals surface area contributed by atoms with Crippen molar-refractivity contribution in [3.05, 3.63) is 64.2 Å². The van der Waals surface area contributed by atoms with Crippen molar-refractivity contribution in [2.75, 3.05) is 5.32 Å². The fourth-order valence-electron chi connectivity index (χ4n) is 2.29. The number of carbonyl (C=O) groups excluding carboxylic acids is 1. The molecule has 1 heterocycles. The molecule has 1 amide bonds. The molecule has 26 heavy (non-hydrogen) atoms. The number of nitro benzene ring substituents is 1. The average Bonchev–Trinajstić information content (AvgIpc) is 3.13. The van der Waals surface area contributed by atoms with E-state index in [0.29, 0.717) is 17.1 Å². The van der Waals surface area contributed by atoms with Crippen LogP contribution in [0.1, 0.15) is 18.5 Å². The quantitative estimate of drug-likeness (QED) is 0.557. The van der Waals surface area contributed by atoms with Gasteiger partial charge in [0.1, 0.15) is 6.04 Å². The molecule has 1 N–H and O–H groups in total. The van der Waals surface area contributed by atoms with Crippen LogP contribution < -0.4 is 5.32 Å². The Hall–Kier alpha value is -3.62. The van der Waals surface area contributed by atoms with Gasteiger partial charge in [-0.1, -0.05) is 36.4 Å². The molecular formula is C17H16N6O3. The Labute approximate surface area is 148 Å². The minimum absolute atomic E-state index is 0.0937. The van der Waals surface area contributed by atoms with Crippen LogP contribution in [0.5, 0.6) is 0 Å². The van der Waals surface area contributed by atoms with Crippen LogP contribution in [0.4, 0.5) is 11.4 Å². The lowest BCUT2D eigenvalue weighted by Gasteiger charge is -2.12. The van der Waals surface area contributed by atoms with Gasteiger partial charge in [-0.2, -0.15) is 4.80 Å². The zero-order valence-corrected chi connectivity index (χ0v) is 14.2. The van der Waals surface area contributed by atoms with Crippen LogP contribution in [0.25, 0.3) is 11.4 Å². The lowest BCUT2D eigenvalue weighted by Crippen LogP contribution is -2.25. The Bertz CT molecular complexity index is 954. The third kappa shape index (κ3) is 3.56. The zero-order valence-electron chi connectivity index (χ0n) is 14.2. The molecule has 0 aliphatic carbocycles. The molecule has 0 aliphatic rings. The molecule has 3 rings (SSSR count). The van der Waals surface area contributed by atoms with Gasteiger partial charge in [0.15, 0.2) is 0 Å². The molecule has 2 aromatic carbocycles. The Morgan fingerprint density at radius 3 is 2.65 bits per heavy atom. The predicted molar refractivity (Wildman–Crippen MR) is 94.4 cm³/mol. The van der Waals surface area contributed by atoms with E-state index in [1.54, 1.807) is 19.9 Å². The molecule has 0 fully saturated rings. The number of hydrogen-bond acceptors (Lipinski definition) is 6. The van der Waals surface area contributed by atoms with Crippen molar-refractivity contribution in [2.45, 2.75) is 19.9 Å². The van der Waals surface area contributed by atoms with Gasteiger partial charge in [-0.15, -0.1) is 10.2 Å². The summed E-state index contributed by atoms with van der Waals surface area (Å²) in [6.07, 6.45) is 0. The SMILES string of the molecule is Cc1ccc([N+](=O)[O-])cc1NC(=O)C(C)n1nnc(-c2ccccc2)n1. The molecule has 0 saturated heterocycles. The molecule has 9 heteroatoms. The minimum Gasteiger partial charge on any atom is -0.324 e. The number of non-ortho nitro benzene ring substituents is 1. The van der Waals surface area contributed by atoms with Crippen molar-refractivity contribution < 1.29 is 9.72 Å². The van der Waals surface area contributed by atoms with Crippen LogP contribution in [-0.2, 0) is 4.79 Å². The highest BCUT2D eigenvalue weighted by Gasteiger charge is 2.20. The third-order valence-corrected chi connectivity index (χ3v) is 3.88. The summed E-state index contributed by atoms with van der Waals surface area (Å²) in [5.74, 6) is 0.0161. The Kier molecular flexibility index (Phi) is 4.70. The molecular weight excluding hydrogens is 336 g/mol. The molecule has 1 unspecified atom stereocenters. The van der Waals surface area contributed by atoms with Crippen LogP contribution in [0, 0.1) is 17.0 Å². The third-order valence-electron chi connectivity index (χ3n) is 3.88. The summed E-state index contributed by atoms with van der Waals surface area (Å²) in [4.78, 5) is 24.1. The van der Waals surface area contributed by atoms with Crippen LogP contribution in [-0.4, -0.2) is 31.0 Å². The maximum Gasteiger partial charge on any atom is 0.271 e. The monoisotopic (exact) mass is 352 g/mol. The zero-order chi connectivity index (χ0) is 18.7. The number of benzene rings is 2. The van der Waals surface area contributed by atoms with Gasteiger partial charge in [-0.25, -0.2) is 0 Å². The Balaban J connectivity index is 1.78. The van der Waals surface area contributed by atoms with Gasteiger partial charge in [-0.05, 0) is 24.6 Å². The van der Waals surface area contributed by atoms with E-state index in [0.717, 1.165) is 5.56 Å². The van der Waals surface area contributed by atoms with E-state index >= 15 is 0 Å². The largest absolute Gasteiger partial charge is 0.324 e. The van der Waals surface area contributed by atoms with Gasteiger partial charge in [-0.3, -0.25) is 14.9 Å². The number of anilines is 1. The highest BCUT2D eigenvalue weighted by molar-refractivity contribution is 5.94. The summed E-state index contributed by atoms with van der Waals surface area (Å²) < 4.78 is 0. The van der Waals surface area contributed by atoms with Crippen molar-refractivity contribution in [1.29, 1.82) is 0 Å².